The summed E-state index contributed by atoms with van der Waals surface area (Å²) in [6.45, 7) is 0.514. The van der Waals surface area contributed by atoms with Crippen LogP contribution in [0.3, 0.4) is 0 Å². The van der Waals surface area contributed by atoms with Gasteiger partial charge in [-0.3, -0.25) is 0 Å². The number of furan rings is 1. The number of methoxy groups -OCH3 is 1. The molecule has 1 rings (SSSR count). The van der Waals surface area contributed by atoms with Crippen LogP contribution in [0.25, 0.3) is 0 Å². The minimum Gasteiger partial charge on any atom is -0.453 e. The normalized spacial score (nSPS) is 10.0. The highest BCUT2D eigenvalue weighted by Crippen LogP contribution is 2.11. The highest BCUT2D eigenvalue weighted by Gasteiger charge is 1.95. The van der Waals surface area contributed by atoms with Gasteiger partial charge < -0.3 is 9.15 Å². The van der Waals surface area contributed by atoms with Crippen LogP contribution in [0.1, 0.15) is 5.76 Å². The van der Waals surface area contributed by atoms with Crippen molar-refractivity contribution in [1.82, 2.24) is 0 Å². The van der Waals surface area contributed by atoms with E-state index in [0.717, 1.165) is 5.76 Å². The van der Waals surface area contributed by atoms with Crippen molar-refractivity contribution in [3.8, 4) is 0 Å². The third-order valence-electron chi connectivity index (χ3n) is 0.934. The minimum atomic E-state index is 0.514. The third kappa shape index (κ3) is 1.77. The molecule has 0 aliphatic heterocycles. The summed E-state index contributed by atoms with van der Waals surface area (Å²) in [5, 5.41) is 0.627. The summed E-state index contributed by atoms with van der Waals surface area (Å²) >= 11 is 3.98. The molecule has 3 heteroatoms. The third-order valence-corrected chi connectivity index (χ3v) is 1.17. The van der Waals surface area contributed by atoms with Crippen LogP contribution in [-0.4, -0.2) is 7.11 Å². The van der Waals surface area contributed by atoms with Crippen LogP contribution >= 0.6 is 12.6 Å². The van der Waals surface area contributed by atoms with E-state index < -0.39 is 0 Å². The van der Waals surface area contributed by atoms with Gasteiger partial charge in [0.05, 0.1) is 0 Å². The summed E-state index contributed by atoms with van der Waals surface area (Å²) in [6.07, 6.45) is 0. The Balaban J connectivity index is 2.61. The van der Waals surface area contributed by atoms with Crippen LogP contribution in [0.5, 0.6) is 0 Å². The van der Waals surface area contributed by atoms with E-state index in [0.29, 0.717) is 11.7 Å². The van der Waals surface area contributed by atoms with E-state index in [-0.39, 0.29) is 0 Å². The van der Waals surface area contributed by atoms with Gasteiger partial charge in [-0.25, -0.2) is 0 Å². The zero-order valence-corrected chi connectivity index (χ0v) is 6.02. The molecule has 0 saturated carbocycles. The standard InChI is InChI=1S/C6H8O2S/c1-7-4-5-2-3-6(9)8-5/h2-3,9H,4H2,1H3. The van der Waals surface area contributed by atoms with Crippen molar-refractivity contribution in [3.05, 3.63) is 17.9 Å². The van der Waals surface area contributed by atoms with Crippen LogP contribution in [0.15, 0.2) is 21.6 Å². The van der Waals surface area contributed by atoms with E-state index >= 15 is 0 Å². The molecule has 9 heavy (non-hydrogen) atoms. The number of thiol groups is 1. The molecule has 50 valence electrons. The van der Waals surface area contributed by atoms with Crippen LogP contribution in [0.2, 0.25) is 0 Å². The van der Waals surface area contributed by atoms with Gasteiger partial charge in [0.25, 0.3) is 0 Å². The van der Waals surface area contributed by atoms with E-state index in [2.05, 4.69) is 12.6 Å². The van der Waals surface area contributed by atoms with Gasteiger partial charge in [-0.1, -0.05) is 0 Å². The van der Waals surface area contributed by atoms with Gasteiger partial charge in [0.15, 0.2) is 5.09 Å². The first-order valence-electron chi connectivity index (χ1n) is 2.59. The van der Waals surface area contributed by atoms with Crippen molar-refractivity contribution in [2.24, 2.45) is 0 Å². The van der Waals surface area contributed by atoms with Crippen molar-refractivity contribution >= 4 is 12.6 Å². The second-order valence-electron chi connectivity index (χ2n) is 1.67. The van der Waals surface area contributed by atoms with Gasteiger partial charge in [-0.05, 0) is 12.1 Å². The van der Waals surface area contributed by atoms with Crippen molar-refractivity contribution in [3.63, 3.8) is 0 Å². The molecule has 0 N–H and O–H groups in total. The lowest BCUT2D eigenvalue weighted by molar-refractivity contribution is 0.160. The molecule has 0 aromatic carbocycles. The average Bonchev–Trinajstić information content (AvgIpc) is 2.17. The fraction of sp³-hybridized carbons (Fsp3) is 0.333. The topological polar surface area (TPSA) is 22.4 Å². The zero-order valence-electron chi connectivity index (χ0n) is 5.13. The molecule has 0 atom stereocenters. The Kier molecular flexibility index (Phi) is 2.19. The molecule has 0 bridgehead atoms. The molecule has 1 aromatic rings. The number of ether oxygens (including phenoxy) is 1. The van der Waals surface area contributed by atoms with Gasteiger partial charge in [0, 0.05) is 7.11 Å². The minimum absolute atomic E-state index is 0.514. The Morgan fingerprint density at radius 1 is 1.67 bits per heavy atom. The first-order chi connectivity index (χ1) is 4.33. The summed E-state index contributed by atoms with van der Waals surface area (Å²) < 4.78 is 9.88. The summed E-state index contributed by atoms with van der Waals surface area (Å²) in [5.41, 5.74) is 0. The Morgan fingerprint density at radius 3 is 2.89 bits per heavy atom. The van der Waals surface area contributed by atoms with Crippen LogP contribution in [0, 0.1) is 0 Å². The maximum Gasteiger partial charge on any atom is 0.157 e. The lowest BCUT2D eigenvalue weighted by atomic mass is 10.5. The van der Waals surface area contributed by atoms with E-state index in [1.165, 1.54) is 0 Å². The second kappa shape index (κ2) is 2.94. The molecular formula is C6H8O2S. The van der Waals surface area contributed by atoms with E-state index in [4.69, 9.17) is 9.15 Å². The van der Waals surface area contributed by atoms with E-state index in [9.17, 15) is 0 Å². The first-order valence-corrected chi connectivity index (χ1v) is 3.04. The summed E-state index contributed by atoms with van der Waals surface area (Å²) in [4.78, 5) is 0. The molecular weight excluding hydrogens is 136 g/mol. The Hall–Kier alpha value is -0.410. The predicted octanol–water partition coefficient (Wildman–Crippen LogP) is 1.71. The first kappa shape index (κ1) is 6.71. The lowest BCUT2D eigenvalue weighted by Gasteiger charge is -1.89. The fourth-order valence-electron chi connectivity index (χ4n) is 0.586. The molecule has 1 heterocycles. The van der Waals surface area contributed by atoms with Crippen molar-refractivity contribution < 1.29 is 9.15 Å². The van der Waals surface area contributed by atoms with Gasteiger partial charge in [-0.15, -0.1) is 12.6 Å². The van der Waals surface area contributed by atoms with Gasteiger partial charge in [0.1, 0.15) is 12.4 Å². The molecule has 2 nitrogen and oxygen atoms in total. The van der Waals surface area contributed by atoms with Crippen LogP contribution in [-0.2, 0) is 11.3 Å². The van der Waals surface area contributed by atoms with Crippen molar-refractivity contribution in [1.29, 1.82) is 0 Å². The van der Waals surface area contributed by atoms with Crippen LogP contribution in [0.4, 0.5) is 0 Å². The second-order valence-corrected chi connectivity index (χ2v) is 2.11. The van der Waals surface area contributed by atoms with E-state index in [1.54, 1.807) is 13.2 Å². The monoisotopic (exact) mass is 144 g/mol. The largest absolute Gasteiger partial charge is 0.453 e. The number of rotatable bonds is 2. The molecule has 0 saturated heterocycles. The fourth-order valence-corrected chi connectivity index (χ4v) is 0.778. The number of hydrogen-bond donors (Lipinski definition) is 1. The highest BCUT2D eigenvalue weighted by molar-refractivity contribution is 7.80. The smallest absolute Gasteiger partial charge is 0.157 e. The summed E-state index contributed by atoms with van der Waals surface area (Å²) in [7, 11) is 1.63. The van der Waals surface area contributed by atoms with Gasteiger partial charge in [0.2, 0.25) is 0 Å². The molecule has 1 aromatic heterocycles. The Bertz CT molecular complexity index is 183. The molecule has 0 amide bonds. The maximum absolute atomic E-state index is 5.06. The number of hydrogen-bond acceptors (Lipinski definition) is 3. The molecule has 0 spiro atoms. The average molecular weight is 144 g/mol. The molecule has 0 radical (unpaired) electrons. The summed E-state index contributed by atoms with van der Waals surface area (Å²) in [6, 6.07) is 3.63. The highest BCUT2D eigenvalue weighted by atomic mass is 32.1. The molecule has 0 unspecified atom stereocenters. The Morgan fingerprint density at radius 2 is 2.44 bits per heavy atom. The zero-order chi connectivity index (χ0) is 6.69. The molecule has 0 aliphatic rings. The molecule has 0 aliphatic carbocycles. The predicted molar refractivity (Wildman–Crippen MR) is 36.7 cm³/mol. The molecule has 0 fully saturated rings. The Labute approximate surface area is 59.2 Å². The maximum atomic E-state index is 5.06. The van der Waals surface area contributed by atoms with E-state index in [1.807, 2.05) is 6.07 Å². The lowest BCUT2D eigenvalue weighted by Crippen LogP contribution is -1.81. The quantitative estimate of drug-likeness (QED) is 0.638. The van der Waals surface area contributed by atoms with Crippen molar-refractivity contribution in [2.75, 3.05) is 7.11 Å². The SMILES string of the molecule is COCc1ccc(S)o1. The van der Waals surface area contributed by atoms with Crippen LogP contribution < -0.4 is 0 Å². The summed E-state index contributed by atoms with van der Waals surface area (Å²) in [5.74, 6) is 0.808. The van der Waals surface area contributed by atoms with Gasteiger partial charge in [-0.2, -0.15) is 0 Å². The van der Waals surface area contributed by atoms with Crippen molar-refractivity contribution in [2.45, 2.75) is 11.7 Å². The van der Waals surface area contributed by atoms with Gasteiger partial charge >= 0.3 is 0 Å².